The Hall–Kier alpha value is -1.50. The Morgan fingerprint density at radius 2 is 1.90 bits per heavy atom. The lowest BCUT2D eigenvalue weighted by atomic mass is 9.74. The largest absolute Gasteiger partial charge is 0.381 e. The van der Waals surface area contributed by atoms with Crippen molar-refractivity contribution < 1.29 is 9.53 Å². The number of hydrogen-bond donors (Lipinski definition) is 3. The van der Waals surface area contributed by atoms with Gasteiger partial charge in [0.15, 0.2) is 5.96 Å². The number of carbonyl (C=O) groups is 1. The van der Waals surface area contributed by atoms with Gasteiger partial charge in [0, 0.05) is 47.3 Å². The fourth-order valence-corrected chi connectivity index (χ4v) is 4.04. The molecule has 0 spiro atoms. The zero-order valence-corrected chi connectivity index (χ0v) is 19.2. The van der Waals surface area contributed by atoms with E-state index in [0.717, 1.165) is 18.4 Å². The number of guanidine groups is 1. The Kier molecular flexibility index (Phi) is 8.61. The van der Waals surface area contributed by atoms with Gasteiger partial charge < -0.3 is 20.7 Å². The van der Waals surface area contributed by atoms with E-state index in [1.165, 1.54) is 0 Å². The minimum absolute atomic E-state index is 0.0599. The summed E-state index contributed by atoms with van der Waals surface area (Å²) in [7, 11) is 0. The maximum absolute atomic E-state index is 12.1. The second kappa shape index (κ2) is 10.5. The third-order valence-corrected chi connectivity index (χ3v) is 5.33. The quantitative estimate of drug-likeness (QED) is 0.465. The first-order valence-corrected chi connectivity index (χ1v) is 10.8. The lowest BCUT2D eigenvalue weighted by Gasteiger charge is -2.39. The van der Waals surface area contributed by atoms with Gasteiger partial charge in [-0.15, -0.1) is 0 Å². The molecule has 2 rings (SSSR count). The fourth-order valence-electron chi connectivity index (χ4n) is 3.43. The standard InChI is InChI=1S/C21H32Cl2N4O2/c1-5-24-19(25-13-18(28)27-20(2,3)4)26-14-21(8-10-29-11-9-21)16-7-6-15(22)12-17(16)23/h6-7,12H,5,8-11,13-14H2,1-4H3,(H,27,28)(H2,24,25,26). The number of hydrogen-bond acceptors (Lipinski definition) is 3. The molecule has 6 nitrogen and oxygen atoms in total. The summed E-state index contributed by atoms with van der Waals surface area (Å²) in [5, 5.41) is 10.8. The van der Waals surface area contributed by atoms with Crippen LogP contribution in [0.15, 0.2) is 23.2 Å². The van der Waals surface area contributed by atoms with E-state index in [1.807, 2.05) is 39.8 Å². The van der Waals surface area contributed by atoms with E-state index in [1.54, 1.807) is 6.07 Å². The van der Waals surface area contributed by atoms with Gasteiger partial charge in [-0.3, -0.25) is 4.79 Å². The lowest BCUT2D eigenvalue weighted by Crippen LogP contribution is -2.48. The van der Waals surface area contributed by atoms with E-state index in [-0.39, 0.29) is 23.4 Å². The summed E-state index contributed by atoms with van der Waals surface area (Å²) in [6.07, 6.45) is 1.68. The first kappa shape index (κ1) is 23.8. The molecule has 1 aliphatic heterocycles. The van der Waals surface area contributed by atoms with Gasteiger partial charge in [0.05, 0.1) is 0 Å². The van der Waals surface area contributed by atoms with Crippen molar-refractivity contribution in [1.29, 1.82) is 0 Å². The molecule has 0 bridgehead atoms. The van der Waals surface area contributed by atoms with Crippen LogP contribution in [0.5, 0.6) is 0 Å². The Bertz CT molecular complexity index is 726. The van der Waals surface area contributed by atoms with Crippen molar-refractivity contribution >= 4 is 35.1 Å². The molecule has 0 saturated carbocycles. The van der Waals surface area contributed by atoms with Gasteiger partial charge in [-0.1, -0.05) is 29.3 Å². The highest BCUT2D eigenvalue weighted by atomic mass is 35.5. The van der Waals surface area contributed by atoms with Crippen LogP contribution in [0.3, 0.4) is 0 Å². The van der Waals surface area contributed by atoms with E-state index >= 15 is 0 Å². The summed E-state index contributed by atoms with van der Waals surface area (Å²) in [5.41, 5.74) is 0.584. The van der Waals surface area contributed by atoms with Crippen LogP contribution >= 0.6 is 23.2 Å². The van der Waals surface area contributed by atoms with Gasteiger partial charge in [0.1, 0.15) is 6.54 Å². The Morgan fingerprint density at radius 3 is 2.48 bits per heavy atom. The number of halogens is 2. The minimum Gasteiger partial charge on any atom is -0.381 e. The van der Waals surface area contributed by atoms with E-state index in [2.05, 4.69) is 20.9 Å². The fraction of sp³-hybridized carbons (Fsp3) is 0.619. The Morgan fingerprint density at radius 1 is 1.21 bits per heavy atom. The molecule has 0 atom stereocenters. The SMILES string of the molecule is CCNC(=NCC(=O)NC(C)(C)C)NCC1(c2ccc(Cl)cc2Cl)CCOCC1. The predicted octanol–water partition coefficient (Wildman–Crippen LogP) is 3.51. The highest BCUT2D eigenvalue weighted by molar-refractivity contribution is 6.35. The molecular weight excluding hydrogens is 411 g/mol. The summed E-state index contributed by atoms with van der Waals surface area (Å²) in [5.74, 6) is 0.490. The van der Waals surface area contributed by atoms with Crippen LogP contribution in [0.1, 0.15) is 46.1 Å². The molecule has 1 aliphatic rings. The number of rotatable bonds is 6. The minimum atomic E-state index is -0.282. The maximum Gasteiger partial charge on any atom is 0.242 e. The maximum atomic E-state index is 12.1. The van der Waals surface area contributed by atoms with E-state index in [4.69, 9.17) is 27.9 Å². The third kappa shape index (κ3) is 7.36. The van der Waals surface area contributed by atoms with Gasteiger partial charge >= 0.3 is 0 Å². The molecule has 1 fully saturated rings. The van der Waals surface area contributed by atoms with Crippen LogP contribution in [0.2, 0.25) is 10.0 Å². The molecule has 0 radical (unpaired) electrons. The second-order valence-electron chi connectivity index (χ2n) is 8.36. The van der Waals surface area contributed by atoms with Crippen molar-refractivity contribution in [3.05, 3.63) is 33.8 Å². The molecule has 1 aromatic carbocycles. The number of aliphatic imine (C=N–C) groups is 1. The molecule has 162 valence electrons. The van der Waals surface area contributed by atoms with Crippen molar-refractivity contribution in [2.45, 2.75) is 51.5 Å². The van der Waals surface area contributed by atoms with Crippen LogP contribution < -0.4 is 16.0 Å². The molecule has 1 amide bonds. The molecular formula is C21H32Cl2N4O2. The van der Waals surface area contributed by atoms with E-state index in [9.17, 15) is 4.79 Å². The first-order valence-electron chi connectivity index (χ1n) is 10.0. The van der Waals surface area contributed by atoms with Crippen LogP contribution in [-0.2, 0) is 14.9 Å². The molecule has 8 heteroatoms. The Balaban J connectivity index is 2.15. The molecule has 1 saturated heterocycles. The van der Waals surface area contributed by atoms with Crippen molar-refractivity contribution in [2.75, 3.05) is 32.8 Å². The average Bonchev–Trinajstić information content (AvgIpc) is 2.63. The van der Waals surface area contributed by atoms with Crippen LogP contribution in [0, 0.1) is 0 Å². The summed E-state index contributed by atoms with van der Waals surface area (Å²) < 4.78 is 5.59. The lowest BCUT2D eigenvalue weighted by molar-refractivity contribution is -0.121. The van der Waals surface area contributed by atoms with Crippen LogP contribution in [0.25, 0.3) is 0 Å². The summed E-state index contributed by atoms with van der Waals surface area (Å²) in [6.45, 7) is 10.6. The van der Waals surface area contributed by atoms with Gasteiger partial charge in [0.25, 0.3) is 0 Å². The van der Waals surface area contributed by atoms with Gasteiger partial charge in [-0.2, -0.15) is 0 Å². The van der Waals surface area contributed by atoms with Crippen LogP contribution in [0.4, 0.5) is 0 Å². The molecule has 0 unspecified atom stereocenters. The Labute approximate surface area is 183 Å². The molecule has 3 N–H and O–H groups in total. The predicted molar refractivity (Wildman–Crippen MR) is 120 cm³/mol. The molecule has 0 aromatic heterocycles. The molecule has 0 aliphatic carbocycles. The van der Waals surface area contributed by atoms with E-state index in [0.29, 0.717) is 42.3 Å². The van der Waals surface area contributed by atoms with Crippen molar-refractivity contribution in [2.24, 2.45) is 4.99 Å². The number of nitrogens with one attached hydrogen (secondary N) is 3. The highest BCUT2D eigenvalue weighted by Crippen LogP contribution is 2.39. The monoisotopic (exact) mass is 442 g/mol. The first-order chi connectivity index (χ1) is 13.6. The number of carbonyl (C=O) groups excluding carboxylic acids is 1. The molecule has 1 aromatic rings. The van der Waals surface area contributed by atoms with Gasteiger partial charge in [-0.25, -0.2) is 4.99 Å². The molecule has 29 heavy (non-hydrogen) atoms. The van der Waals surface area contributed by atoms with Crippen LogP contribution in [-0.4, -0.2) is 50.3 Å². The highest BCUT2D eigenvalue weighted by Gasteiger charge is 2.36. The third-order valence-electron chi connectivity index (χ3n) is 4.79. The number of benzene rings is 1. The van der Waals surface area contributed by atoms with Gasteiger partial charge in [0.2, 0.25) is 5.91 Å². The zero-order valence-electron chi connectivity index (χ0n) is 17.7. The normalized spacial score (nSPS) is 17.0. The van der Waals surface area contributed by atoms with Gasteiger partial charge in [-0.05, 0) is 58.2 Å². The molecule has 1 heterocycles. The summed E-state index contributed by atoms with van der Waals surface area (Å²) in [6, 6.07) is 5.65. The summed E-state index contributed by atoms with van der Waals surface area (Å²) >= 11 is 12.6. The zero-order chi connectivity index (χ0) is 21.5. The van der Waals surface area contributed by atoms with Crippen molar-refractivity contribution in [3.8, 4) is 0 Å². The number of ether oxygens (including phenoxy) is 1. The second-order valence-corrected chi connectivity index (χ2v) is 9.21. The topological polar surface area (TPSA) is 74.8 Å². The van der Waals surface area contributed by atoms with Crippen molar-refractivity contribution in [3.63, 3.8) is 0 Å². The van der Waals surface area contributed by atoms with E-state index < -0.39 is 0 Å². The number of amides is 1. The number of nitrogens with zero attached hydrogens (tertiary/aromatic N) is 1. The average molecular weight is 443 g/mol. The smallest absolute Gasteiger partial charge is 0.242 e. The van der Waals surface area contributed by atoms with Crippen molar-refractivity contribution in [1.82, 2.24) is 16.0 Å². The summed E-state index contributed by atoms with van der Waals surface area (Å²) in [4.78, 5) is 16.6.